The predicted octanol–water partition coefficient (Wildman–Crippen LogP) is 3.59. The molecule has 0 radical (unpaired) electrons. The minimum atomic E-state index is -0.462. The van der Waals surface area contributed by atoms with Gasteiger partial charge in [0.15, 0.2) is 5.76 Å². The van der Waals surface area contributed by atoms with E-state index in [0.717, 1.165) is 22.1 Å². The first kappa shape index (κ1) is 15.8. The van der Waals surface area contributed by atoms with Crippen molar-refractivity contribution in [2.24, 2.45) is 0 Å². The summed E-state index contributed by atoms with van der Waals surface area (Å²) >= 11 is 3.44. The van der Waals surface area contributed by atoms with E-state index in [4.69, 9.17) is 4.42 Å². The van der Waals surface area contributed by atoms with Crippen LogP contribution < -0.4 is 5.32 Å². The van der Waals surface area contributed by atoms with E-state index in [1.54, 1.807) is 17.0 Å². The summed E-state index contributed by atoms with van der Waals surface area (Å²) in [6.45, 7) is 2.53. The average Bonchev–Trinajstić information content (AvgIpc) is 3.21. The monoisotopic (exact) mass is 376 g/mol. The first-order chi connectivity index (χ1) is 11.1. The number of carbonyl (C=O) groups excluding carboxylic acids is 2. The van der Waals surface area contributed by atoms with Gasteiger partial charge in [0.25, 0.3) is 5.91 Å². The molecule has 0 aliphatic carbocycles. The molecule has 0 spiro atoms. The highest BCUT2D eigenvalue weighted by atomic mass is 79.9. The Hall–Kier alpha value is -2.08. The number of nitrogens with one attached hydrogen (secondary N) is 1. The number of hydrogen-bond acceptors (Lipinski definition) is 3. The number of carbonyl (C=O) groups is 2. The van der Waals surface area contributed by atoms with Crippen LogP contribution in [0.4, 0.5) is 5.69 Å². The van der Waals surface area contributed by atoms with E-state index in [1.807, 2.05) is 25.1 Å². The number of halogens is 1. The van der Waals surface area contributed by atoms with Crippen LogP contribution in [-0.2, 0) is 4.79 Å². The maximum atomic E-state index is 12.5. The summed E-state index contributed by atoms with van der Waals surface area (Å²) < 4.78 is 6.15. The Morgan fingerprint density at radius 1 is 1.35 bits per heavy atom. The maximum Gasteiger partial charge on any atom is 0.290 e. The number of anilines is 1. The third kappa shape index (κ3) is 3.32. The van der Waals surface area contributed by atoms with Gasteiger partial charge in [-0.25, -0.2) is 0 Å². The van der Waals surface area contributed by atoms with Crippen molar-refractivity contribution in [3.05, 3.63) is 52.4 Å². The Morgan fingerprint density at radius 2 is 2.17 bits per heavy atom. The number of nitrogens with zero attached hydrogens (tertiary/aromatic N) is 1. The van der Waals surface area contributed by atoms with Crippen LogP contribution in [0.15, 0.2) is 45.5 Å². The molecule has 6 heteroatoms. The minimum Gasteiger partial charge on any atom is -0.459 e. The standard InChI is InChI=1S/C17H17BrN2O3/c1-11-10-12(6-7-13(11)18)19-16(21)14-4-2-8-20(14)17(22)15-5-3-9-23-15/h3,5-7,9-10,14H,2,4,8H2,1H3,(H,19,21). The van der Waals surface area contributed by atoms with E-state index in [2.05, 4.69) is 21.2 Å². The van der Waals surface area contributed by atoms with E-state index < -0.39 is 6.04 Å². The Kier molecular flexibility index (Phi) is 4.52. The highest BCUT2D eigenvalue weighted by molar-refractivity contribution is 9.10. The van der Waals surface area contributed by atoms with Gasteiger partial charge in [0.2, 0.25) is 5.91 Å². The van der Waals surface area contributed by atoms with Crippen LogP contribution in [0.5, 0.6) is 0 Å². The van der Waals surface area contributed by atoms with E-state index in [0.29, 0.717) is 13.0 Å². The minimum absolute atomic E-state index is 0.163. The lowest BCUT2D eigenvalue weighted by Crippen LogP contribution is -2.43. The molecule has 3 rings (SSSR count). The molecule has 0 bridgehead atoms. The Balaban J connectivity index is 1.73. The summed E-state index contributed by atoms with van der Waals surface area (Å²) in [7, 11) is 0. The van der Waals surface area contributed by atoms with Crippen LogP contribution in [0.3, 0.4) is 0 Å². The molecule has 2 heterocycles. The van der Waals surface area contributed by atoms with Gasteiger partial charge in [-0.2, -0.15) is 0 Å². The molecule has 1 unspecified atom stereocenters. The van der Waals surface area contributed by atoms with Gasteiger partial charge in [-0.3, -0.25) is 9.59 Å². The lowest BCUT2D eigenvalue weighted by Gasteiger charge is -2.23. The normalized spacial score (nSPS) is 17.3. The Labute approximate surface area is 142 Å². The third-order valence-electron chi connectivity index (χ3n) is 3.97. The van der Waals surface area contributed by atoms with Gasteiger partial charge >= 0.3 is 0 Å². The Morgan fingerprint density at radius 3 is 2.87 bits per heavy atom. The number of amides is 2. The van der Waals surface area contributed by atoms with E-state index >= 15 is 0 Å². The smallest absolute Gasteiger partial charge is 0.290 e. The van der Waals surface area contributed by atoms with E-state index in [-0.39, 0.29) is 17.6 Å². The zero-order valence-corrected chi connectivity index (χ0v) is 14.3. The molecule has 1 aromatic heterocycles. The molecule has 2 aromatic rings. The zero-order chi connectivity index (χ0) is 16.4. The van der Waals surface area contributed by atoms with Crippen LogP contribution >= 0.6 is 15.9 Å². The summed E-state index contributed by atoms with van der Waals surface area (Å²) in [6, 6.07) is 8.46. The van der Waals surface area contributed by atoms with Crippen LogP contribution in [0.25, 0.3) is 0 Å². The largest absolute Gasteiger partial charge is 0.459 e. The molecule has 1 fully saturated rings. The van der Waals surface area contributed by atoms with Crippen molar-refractivity contribution < 1.29 is 14.0 Å². The SMILES string of the molecule is Cc1cc(NC(=O)C2CCCN2C(=O)c2ccco2)ccc1Br. The summed E-state index contributed by atoms with van der Waals surface area (Å²) in [4.78, 5) is 26.6. The summed E-state index contributed by atoms with van der Waals surface area (Å²) in [5.41, 5.74) is 1.77. The van der Waals surface area contributed by atoms with Crippen molar-refractivity contribution in [2.45, 2.75) is 25.8 Å². The Bertz CT molecular complexity index is 727. The molecule has 5 nitrogen and oxygen atoms in total. The molecule has 120 valence electrons. The number of furan rings is 1. The lowest BCUT2D eigenvalue weighted by molar-refractivity contribution is -0.119. The number of likely N-dealkylation sites (tertiary alicyclic amines) is 1. The summed E-state index contributed by atoms with van der Waals surface area (Å²) in [6.07, 6.45) is 2.93. The lowest BCUT2D eigenvalue weighted by atomic mass is 10.1. The number of hydrogen-bond donors (Lipinski definition) is 1. The van der Waals surface area contributed by atoms with Crippen LogP contribution in [0.2, 0.25) is 0 Å². The van der Waals surface area contributed by atoms with Gasteiger partial charge in [-0.1, -0.05) is 15.9 Å². The molecule has 1 N–H and O–H groups in total. The fraction of sp³-hybridized carbons (Fsp3) is 0.294. The molecule has 1 saturated heterocycles. The fourth-order valence-electron chi connectivity index (χ4n) is 2.77. The molecule has 1 aliphatic heterocycles. The van der Waals surface area contributed by atoms with Crippen molar-refractivity contribution >= 4 is 33.4 Å². The van der Waals surface area contributed by atoms with Crippen LogP contribution in [0.1, 0.15) is 29.0 Å². The molecule has 2 amide bonds. The van der Waals surface area contributed by atoms with Gasteiger partial charge in [-0.15, -0.1) is 0 Å². The van der Waals surface area contributed by atoms with Gasteiger partial charge in [0.05, 0.1) is 6.26 Å². The van der Waals surface area contributed by atoms with Crippen LogP contribution in [-0.4, -0.2) is 29.3 Å². The summed E-state index contributed by atoms with van der Waals surface area (Å²) in [5, 5.41) is 2.90. The van der Waals surface area contributed by atoms with Gasteiger partial charge < -0.3 is 14.6 Å². The van der Waals surface area contributed by atoms with Crippen molar-refractivity contribution in [3.8, 4) is 0 Å². The van der Waals surface area contributed by atoms with Gasteiger partial charge in [-0.05, 0) is 55.7 Å². The quantitative estimate of drug-likeness (QED) is 0.889. The van der Waals surface area contributed by atoms with Crippen molar-refractivity contribution in [1.29, 1.82) is 0 Å². The van der Waals surface area contributed by atoms with Crippen LogP contribution in [0, 0.1) is 6.92 Å². The summed E-state index contributed by atoms with van der Waals surface area (Å²) in [5.74, 6) is -0.132. The van der Waals surface area contributed by atoms with Gasteiger partial charge in [0.1, 0.15) is 6.04 Å². The first-order valence-electron chi connectivity index (χ1n) is 7.48. The molecule has 1 aromatic carbocycles. The van der Waals surface area contributed by atoms with E-state index in [1.165, 1.54) is 6.26 Å². The van der Waals surface area contributed by atoms with Crippen molar-refractivity contribution in [2.75, 3.05) is 11.9 Å². The predicted molar refractivity (Wildman–Crippen MR) is 90.3 cm³/mol. The van der Waals surface area contributed by atoms with E-state index in [9.17, 15) is 9.59 Å². The van der Waals surface area contributed by atoms with Crippen molar-refractivity contribution in [1.82, 2.24) is 4.90 Å². The first-order valence-corrected chi connectivity index (χ1v) is 8.27. The van der Waals surface area contributed by atoms with Crippen molar-refractivity contribution in [3.63, 3.8) is 0 Å². The number of aryl methyl sites for hydroxylation is 1. The molecule has 1 atom stereocenters. The van der Waals surface area contributed by atoms with Gasteiger partial charge in [0, 0.05) is 16.7 Å². The highest BCUT2D eigenvalue weighted by Crippen LogP contribution is 2.24. The molecular formula is C17H17BrN2O3. The maximum absolute atomic E-state index is 12.5. The molecule has 0 saturated carbocycles. The molecular weight excluding hydrogens is 360 g/mol. The second-order valence-electron chi connectivity index (χ2n) is 5.59. The average molecular weight is 377 g/mol. The fourth-order valence-corrected chi connectivity index (χ4v) is 3.02. The third-order valence-corrected chi connectivity index (χ3v) is 4.86. The zero-order valence-electron chi connectivity index (χ0n) is 12.7. The second kappa shape index (κ2) is 6.58. The highest BCUT2D eigenvalue weighted by Gasteiger charge is 2.35. The number of benzene rings is 1. The second-order valence-corrected chi connectivity index (χ2v) is 6.44. The molecule has 1 aliphatic rings. The topological polar surface area (TPSA) is 62.6 Å². The molecule has 23 heavy (non-hydrogen) atoms. The number of rotatable bonds is 3.